The lowest BCUT2D eigenvalue weighted by Gasteiger charge is -2.19. The lowest BCUT2D eigenvalue weighted by molar-refractivity contribution is -0.154. The normalized spacial score (nSPS) is 12.3. The van der Waals surface area contributed by atoms with Crippen LogP contribution in [0, 0.1) is 6.92 Å². The molecule has 0 aliphatic carbocycles. The lowest BCUT2D eigenvalue weighted by atomic mass is 10.0. The van der Waals surface area contributed by atoms with E-state index in [2.05, 4.69) is 31.1 Å². The second-order valence-corrected chi connectivity index (χ2v) is 9.94. The van der Waals surface area contributed by atoms with Gasteiger partial charge < -0.3 is 13.7 Å². The number of hydrogen-bond acceptors (Lipinski definition) is 6. The number of esters is 1. The summed E-state index contributed by atoms with van der Waals surface area (Å²) in [5.74, 6) is 0.143. The van der Waals surface area contributed by atoms with E-state index in [0.717, 1.165) is 29.0 Å². The highest BCUT2D eigenvalue weighted by molar-refractivity contribution is 9.10. The van der Waals surface area contributed by atoms with E-state index in [4.69, 9.17) is 9.26 Å². The molecule has 4 rings (SSSR count). The minimum absolute atomic E-state index is 0.0811. The summed E-state index contributed by atoms with van der Waals surface area (Å²) in [5.41, 5.74) is 1.77. The van der Waals surface area contributed by atoms with E-state index in [0.29, 0.717) is 17.9 Å². The number of halogens is 4. The molecule has 35 heavy (non-hydrogen) atoms. The van der Waals surface area contributed by atoms with Crippen molar-refractivity contribution in [1.82, 2.24) is 19.5 Å². The third-order valence-electron chi connectivity index (χ3n) is 5.05. The number of imidazole rings is 1. The number of nitrogens with zero attached hydrogens (tertiary/aromatic N) is 4. The van der Waals surface area contributed by atoms with Gasteiger partial charge in [-0.2, -0.15) is 18.2 Å². The second-order valence-electron chi connectivity index (χ2n) is 9.09. The third-order valence-corrected chi connectivity index (χ3v) is 5.63. The van der Waals surface area contributed by atoms with Crippen molar-refractivity contribution in [2.45, 2.75) is 52.3 Å². The number of ether oxygens (including phenoxy) is 1. The molecule has 0 unspecified atom stereocenters. The van der Waals surface area contributed by atoms with Crippen LogP contribution in [-0.2, 0) is 22.1 Å². The van der Waals surface area contributed by atoms with Gasteiger partial charge in [0.05, 0.1) is 10.0 Å². The van der Waals surface area contributed by atoms with Crippen molar-refractivity contribution < 1.29 is 27.2 Å². The maximum atomic E-state index is 13.1. The fourth-order valence-electron chi connectivity index (χ4n) is 3.52. The highest BCUT2D eigenvalue weighted by Gasteiger charge is 2.32. The molecular weight excluding hydrogens is 529 g/mol. The van der Waals surface area contributed by atoms with Crippen LogP contribution in [0.4, 0.5) is 13.2 Å². The number of alkyl halides is 3. The van der Waals surface area contributed by atoms with Gasteiger partial charge in [-0.3, -0.25) is 4.79 Å². The third kappa shape index (κ3) is 5.72. The first-order valence-corrected chi connectivity index (χ1v) is 11.5. The molecule has 0 fully saturated rings. The Morgan fingerprint density at radius 1 is 1.14 bits per heavy atom. The Morgan fingerprint density at radius 2 is 1.89 bits per heavy atom. The van der Waals surface area contributed by atoms with Crippen LogP contribution >= 0.6 is 15.9 Å². The van der Waals surface area contributed by atoms with Gasteiger partial charge in [-0.25, -0.2) is 4.98 Å². The topological polar surface area (TPSA) is 82.5 Å². The van der Waals surface area contributed by atoms with E-state index >= 15 is 0 Å². The Balaban J connectivity index is 1.54. The lowest BCUT2D eigenvalue weighted by Crippen LogP contribution is -2.24. The number of aromatic nitrogens is 4. The van der Waals surface area contributed by atoms with Gasteiger partial charge in [0.2, 0.25) is 5.82 Å². The van der Waals surface area contributed by atoms with Crippen molar-refractivity contribution in [1.29, 1.82) is 0 Å². The van der Waals surface area contributed by atoms with E-state index < -0.39 is 17.3 Å². The van der Waals surface area contributed by atoms with Crippen molar-refractivity contribution in [2.24, 2.45) is 0 Å². The predicted octanol–water partition coefficient (Wildman–Crippen LogP) is 6.42. The van der Waals surface area contributed by atoms with Crippen molar-refractivity contribution >= 4 is 27.5 Å². The number of carbonyl (C=O) groups excluding carboxylic acids is 1. The second kappa shape index (κ2) is 9.10. The Bertz CT molecular complexity index is 1400. The molecule has 0 saturated heterocycles. The Morgan fingerprint density at radius 3 is 2.54 bits per heavy atom. The molecule has 0 atom stereocenters. The van der Waals surface area contributed by atoms with Crippen LogP contribution in [-0.4, -0.2) is 31.1 Å². The van der Waals surface area contributed by atoms with Crippen molar-refractivity contribution in [3.05, 3.63) is 57.8 Å². The molecule has 1 aromatic carbocycles. The van der Waals surface area contributed by atoms with Crippen LogP contribution in [0.1, 0.15) is 43.9 Å². The van der Waals surface area contributed by atoms with E-state index in [1.165, 1.54) is 10.6 Å². The van der Waals surface area contributed by atoms with Gasteiger partial charge in [-0.1, -0.05) is 23.4 Å². The zero-order chi connectivity index (χ0) is 25.5. The number of aryl methyl sites for hydroxylation is 2. The average Bonchev–Trinajstić information content (AvgIpc) is 3.37. The summed E-state index contributed by atoms with van der Waals surface area (Å²) in [6, 6.07) is 6.63. The van der Waals surface area contributed by atoms with Crippen LogP contribution in [0.3, 0.4) is 0 Å². The standard InChI is InChI=1S/C24H22BrF3N4O3/c1-13-9-14(6-8-19(33)34-23(2,3)4)5-7-16(13)20-30-22(35-31-20)18-12-32-11-15(24(26,27)28)10-17(25)21(32)29-18/h5,7,9-12H,6,8H2,1-4H3. The fourth-order valence-corrected chi connectivity index (χ4v) is 4.06. The van der Waals surface area contributed by atoms with Gasteiger partial charge >= 0.3 is 12.1 Å². The quantitative estimate of drug-likeness (QED) is 0.267. The Labute approximate surface area is 207 Å². The summed E-state index contributed by atoms with van der Waals surface area (Å²) in [4.78, 5) is 20.7. The van der Waals surface area contributed by atoms with Crippen LogP contribution in [0.25, 0.3) is 28.6 Å². The number of carbonyl (C=O) groups is 1. The van der Waals surface area contributed by atoms with Crippen molar-refractivity contribution in [2.75, 3.05) is 0 Å². The van der Waals surface area contributed by atoms with E-state index in [1.807, 2.05) is 45.9 Å². The van der Waals surface area contributed by atoms with Gasteiger partial charge in [0.1, 0.15) is 11.3 Å². The molecule has 0 spiro atoms. The summed E-state index contributed by atoms with van der Waals surface area (Å²) in [6.45, 7) is 7.37. The van der Waals surface area contributed by atoms with Crippen molar-refractivity contribution in [3.63, 3.8) is 0 Å². The summed E-state index contributed by atoms with van der Waals surface area (Å²) in [5, 5.41) is 4.02. The monoisotopic (exact) mass is 550 g/mol. The molecule has 4 aromatic rings. The number of fused-ring (bicyclic) bond motifs is 1. The van der Waals surface area contributed by atoms with Gasteiger partial charge in [0.15, 0.2) is 5.65 Å². The summed E-state index contributed by atoms with van der Waals surface area (Å²) < 4.78 is 51.5. The first kappa shape index (κ1) is 24.9. The molecule has 184 valence electrons. The number of rotatable bonds is 5. The number of benzene rings is 1. The molecule has 11 heteroatoms. The van der Waals surface area contributed by atoms with Gasteiger partial charge in [0.25, 0.3) is 5.89 Å². The molecule has 0 aliphatic heterocycles. The molecule has 0 N–H and O–H groups in total. The Kier molecular flexibility index (Phi) is 6.48. The summed E-state index contributed by atoms with van der Waals surface area (Å²) in [7, 11) is 0. The van der Waals surface area contributed by atoms with Crippen LogP contribution in [0.5, 0.6) is 0 Å². The van der Waals surface area contributed by atoms with Crippen LogP contribution in [0.2, 0.25) is 0 Å². The average molecular weight is 551 g/mol. The summed E-state index contributed by atoms with van der Waals surface area (Å²) >= 11 is 3.14. The highest BCUT2D eigenvalue weighted by atomic mass is 79.9. The highest BCUT2D eigenvalue weighted by Crippen LogP contribution is 2.33. The zero-order valence-corrected chi connectivity index (χ0v) is 21.0. The van der Waals surface area contributed by atoms with E-state index in [1.54, 1.807) is 0 Å². The minimum Gasteiger partial charge on any atom is -0.460 e. The first-order chi connectivity index (χ1) is 16.3. The summed E-state index contributed by atoms with van der Waals surface area (Å²) in [6.07, 6.45) is -1.34. The minimum atomic E-state index is -4.49. The van der Waals surface area contributed by atoms with E-state index in [9.17, 15) is 18.0 Å². The number of pyridine rings is 1. The zero-order valence-electron chi connectivity index (χ0n) is 19.4. The molecule has 3 heterocycles. The fraction of sp³-hybridized carbons (Fsp3) is 0.333. The van der Waals surface area contributed by atoms with Crippen LogP contribution < -0.4 is 0 Å². The molecule has 0 aliphatic rings. The maximum absolute atomic E-state index is 13.1. The molecule has 7 nitrogen and oxygen atoms in total. The SMILES string of the molecule is Cc1cc(CCC(=O)OC(C)(C)C)ccc1-c1noc(-c2cn3cc(C(F)(F)F)cc(Br)c3n2)n1. The molecule has 0 bridgehead atoms. The molecule has 3 aromatic heterocycles. The number of hydrogen-bond donors (Lipinski definition) is 0. The van der Waals surface area contributed by atoms with Gasteiger partial charge in [-0.05, 0) is 67.2 Å². The largest absolute Gasteiger partial charge is 0.460 e. The smallest absolute Gasteiger partial charge is 0.417 e. The molecular formula is C24H22BrF3N4O3. The maximum Gasteiger partial charge on any atom is 0.417 e. The molecule has 0 radical (unpaired) electrons. The van der Waals surface area contributed by atoms with E-state index in [-0.39, 0.29) is 28.4 Å². The van der Waals surface area contributed by atoms with Gasteiger partial charge in [-0.15, -0.1) is 0 Å². The Hall–Kier alpha value is -3.21. The van der Waals surface area contributed by atoms with Gasteiger partial charge in [0, 0.05) is 24.4 Å². The van der Waals surface area contributed by atoms with Crippen molar-refractivity contribution in [3.8, 4) is 23.0 Å². The van der Waals surface area contributed by atoms with Crippen LogP contribution in [0.15, 0.2) is 45.7 Å². The first-order valence-electron chi connectivity index (χ1n) is 10.7. The molecule has 0 saturated carbocycles. The predicted molar refractivity (Wildman–Crippen MR) is 126 cm³/mol. The molecule has 0 amide bonds.